The average molecular weight is 851 g/mol. The van der Waals surface area contributed by atoms with Crippen molar-refractivity contribution in [3.8, 4) is 16.8 Å². The molecular weight excluding hydrogens is 819 g/mol. The van der Waals surface area contributed by atoms with E-state index in [4.69, 9.17) is 16.6 Å². The SMILES string of the molecule is Cn1nc(NS(C)(=O)=O)c2c(Cl)ccc(-n3c([C@H](Cc4cc(F)cc(F)c4)NC(=O)Cn4nc(C(F)F)cc4C4CC4)nc4cc(-c5ccccc5F)ccc4c3=O)c21. The van der Waals surface area contributed by atoms with Gasteiger partial charge in [-0.25, -0.2) is 35.4 Å². The molecule has 1 aliphatic rings. The summed E-state index contributed by atoms with van der Waals surface area (Å²) in [6.07, 6.45) is -0.891. The van der Waals surface area contributed by atoms with Gasteiger partial charge in [-0.15, -0.1) is 0 Å². The minimum absolute atomic E-state index is 0.0422. The first-order valence-electron chi connectivity index (χ1n) is 18.1. The molecule has 1 saturated carbocycles. The second-order valence-corrected chi connectivity index (χ2v) is 16.4. The van der Waals surface area contributed by atoms with Crippen molar-refractivity contribution in [1.82, 2.24) is 34.4 Å². The molecule has 12 nitrogen and oxygen atoms in total. The number of carbonyl (C=O) groups excluding carboxylic acids is 1. The summed E-state index contributed by atoms with van der Waals surface area (Å²) in [5.41, 5.74) is 0.133. The number of fused-ring (bicyclic) bond motifs is 2. The molecule has 304 valence electrons. The highest BCUT2D eigenvalue weighted by Crippen LogP contribution is 2.41. The first kappa shape index (κ1) is 39.7. The van der Waals surface area contributed by atoms with Crippen molar-refractivity contribution in [2.45, 2.75) is 44.2 Å². The molecule has 0 bridgehead atoms. The topological polar surface area (TPSA) is 146 Å². The number of nitrogens with zero attached hydrogens (tertiary/aromatic N) is 6. The van der Waals surface area contributed by atoms with Crippen molar-refractivity contribution in [1.29, 1.82) is 0 Å². The lowest BCUT2D eigenvalue weighted by Gasteiger charge is -2.24. The van der Waals surface area contributed by atoms with Crippen LogP contribution in [-0.2, 0) is 34.8 Å². The average Bonchev–Trinajstić information content (AvgIpc) is 3.83. The van der Waals surface area contributed by atoms with Crippen LogP contribution in [0.1, 0.15) is 54.0 Å². The zero-order valence-electron chi connectivity index (χ0n) is 31.1. The molecule has 1 amide bonds. The number of alkyl halides is 2. The maximum atomic E-state index is 15.0. The van der Waals surface area contributed by atoms with Crippen molar-refractivity contribution < 1.29 is 35.2 Å². The van der Waals surface area contributed by atoms with Crippen LogP contribution in [0.2, 0.25) is 5.02 Å². The largest absolute Gasteiger partial charge is 0.344 e. The number of nitrogens with one attached hydrogen (secondary N) is 2. The van der Waals surface area contributed by atoms with Gasteiger partial charge in [0.05, 0.1) is 44.8 Å². The van der Waals surface area contributed by atoms with Gasteiger partial charge in [0.1, 0.15) is 35.5 Å². The lowest BCUT2D eigenvalue weighted by atomic mass is 10.0. The van der Waals surface area contributed by atoms with Crippen molar-refractivity contribution in [2.75, 3.05) is 11.0 Å². The third-order valence-corrected chi connectivity index (χ3v) is 10.8. The highest BCUT2D eigenvalue weighted by Gasteiger charge is 2.32. The van der Waals surface area contributed by atoms with Crippen LogP contribution in [0.15, 0.2) is 83.7 Å². The lowest BCUT2D eigenvalue weighted by Crippen LogP contribution is -2.37. The number of anilines is 1. The van der Waals surface area contributed by atoms with E-state index in [1.165, 1.54) is 64.9 Å². The Balaban J connectivity index is 1.36. The third kappa shape index (κ3) is 8.01. The molecule has 2 N–H and O–H groups in total. The van der Waals surface area contributed by atoms with Gasteiger partial charge >= 0.3 is 0 Å². The van der Waals surface area contributed by atoms with Gasteiger partial charge in [0.2, 0.25) is 15.9 Å². The Morgan fingerprint density at radius 2 is 1.69 bits per heavy atom. The minimum Gasteiger partial charge on any atom is -0.344 e. The molecule has 3 heterocycles. The number of benzene rings is 4. The Bertz CT molecular complexity index is 2980. The Morgan fingerprint density at radius 3 is 2.37 bits per heavy atom. The fraction of sp³-hybridized carbons (Fsp3) is 0.225. The van der Waals surface area contributed by atoms with Gasteiger partial charge in [0.25, 0.3) is 12.0 Å². The smallest absolute Gasteiger partial charge is 0.282 e. The highest BCUT2D eigenvalue weighted by molar-refractivity contribution is 7.92. The van der Waals surface area contributed by atoms with E-state index in [1.807, 2.05) is 0 Å². The van der Waals surface area contributed by atoms with E-state index in [9.17, 15) is 35.6 Å². The fourth-order valence-corrected chi connectivity index (χ4v) is 7.99. The normalized spacial score (nSPS) is 13.7. The zero-order valence-corrected chi connectivity index (χ0v) is 32.6. The fourth-order valence-electron chi connectivity index (χ4n) is 7.26. The third-order valence-electron chi connectivity index (χ3n) is 9.87. The van der Waals surface area contributed by atoms with Crippen molar-refractivity contribution >= 4 is 55.2 Å². The second kappa shape index (κ2) is 15.2. The van der Waals surface area contributed by atoms with E-state index >= 15 is 4.39 Å². The number of carbonyl (C=O) groups is 1. The van der Waals surface area contributed by atoms with Crippen molar-refractivity contribution in [2.24, 2.45) is 7.05 Å². The Morgan fingerprint density at radius 1 is 0.966 bits per heavy atom. The second-order valence-electron chi connectivity index (χ2n) is 14.3. The summed E-state index contributed by atoms with van der Waals surface area (Å²) in [6, 6.07) is 15.9. The van der Waals surface area contributed by atoms with Crippen LogP contribution in [0.25, 0.3) is 38.6 Å². The van der Waals surface area contributed by atoms with Crippen LogP contribution < -0.4 is 15.6 Å². The highest BCUT2D eigenvalue weighted by atomic mass is 35.5. The molecule has 8 rings (SSSR count). The molecule has 3 aromatic heterocycles. The number of aryl methyl sites for hydroxylation is 1. The first-order chi connectivity index (χ1) is 28.0. The van der Waals surface area contributed by atoms with E-state index < -0.39 is 63.6 Å². The number of halogens is 6. The number of hydrogen-bond donors (Lipinski definition) is 2. The van der Waals surface area contributed by atoms with Crippen LogP contribution >= 0.6 is 11.6 Å². The summed E-state index contributed by atoms with van der Waals surface area (Å²) in [5.74, 6) is -3.55. The molecule has 19 heteroatoms. The molecule has 0 unspecified atom stereocenters. The molecule has 4 aromatic carbocycles. The Hall–Kier alpha value is -6.14. The summed E-state index contributed by atoms with van der Waals surface area (Å²) in [5, 5.41) is 11.3. The molecule has 0 aliphatic heterocycles. The van der Waals surface area contributed by atoms with Gasteiger partial charge in [-0.2, -0.15) is 10.2 Å². The Kier molecular flexibility index (Phi) is 10.2. The number of rotatable bonds is 12. The van der Waals surface area contributed by atoms with E-state index in [0.717, 1.165) is 35.8 Å². The van der Waals surface area contributed by atoms with Gasteiger partial charge in [-0.05, 0) is 72.5 Å². The number of amides is 1. The van der Waals surface area contributed by atoms with Crippen LogP contribution in [0.3, 0.4) is 0 Å². The molecule has 0 saturated heterocycles. The molecule has 1 fully saturated rings. The lowest BCUT2D eigenvalue weighted by molar-refractivity contribution is -0.122. The molecule has 1 atom stereocenters. The summed E-state index contributed by atoms with van der Waals surface area (Å²) in [6.45, 7) is -0.532. The van der Waals surface area contributed by atoms with Gasteiger partial charge in [-0.1, -0.05) is 35.9 Å². The van der Waals surface area contributed by atoms with E-state index in [-0.39, 0.29) is 67.6 Å². The summed E-state index contributed by atoms with van der Waals surface area (Å²) in [7, 11) is -2.39. The van der Waals surface area contributed by atoms with Crippen molar-refractivity contribution in [3.63, 3.8) is 0 Å². The number of sulfonamides is 1. The van der Waals surface area contributed by atoms with Crippen LogP contribution in [0.4, 0.5) is 27.8 Å². The van der Waals surface area contributed by atoms with Crippen LogP contribution in [0, 0.1) is 17.5 Å². The molecule has 1 aliphatic carbocycles. The molecule has 59 heavy (non-hydrogen) atoms. The number of hydrogen-bond acceptors (Lipinski definition) is 7. The van der Waals surface area contributed by atoms with E-state index in [1.54, 1.807) is 12.1 Å². The molecular formula is C40H32ClF5N8O4S. The Labute approximate surface area is 337 Å². The maximum Gasteiger partial charge on any atom is 0.282 e. The molecule has 0 spiro atoms. The maximum absolute atomic E-state index is 15.0. The standard InChI is InChI=1S/C40H32ClF5N8O4S/c1-52-36-32(12-11-27(41)35(36)38(50-52)51-59(2,57)58)54-39(48-29-16-22(9-10-26(29)40(54)56)25-5-3-4-6-28(25)44)31(15-20-13-23(42)17-24(43)14-20)47-34(55)19-53-33(21-7-8-21)18-30(49-53)37(45)46/h3-6,9-14,16-18,21,31,37H,7-8,15,19H2,1-2H3,(H,47,55)(H,50,51)/t31-/m0/s1. The predicted molar refractivity (Wildman–Crippen MR) is 211 cm³/mol. The molecule has 7 aromatic rings. The number of aromatic nitrogens is 6. The first-order valence-corrected chi connectivity index (χ1v) is 20.4. The van der Waals surface area contributed by atoms with Gasteiger partial charge in [0, 0.05) is 36.7 Å². The summed E-state index contributed by atoms with van der Waals surface area (Å²) < 4.78 is 103. The van der Waals surface area contributed by atoms with E-state index in [0.29, 0.717) is 17.3 Å². The summed E-state index contributed by atoms with van der Waals surface area (Å²) >= 11 is 6.63. The summed E-state index contributed by atoms with van der Waals surface area (Å²) in [4.78, 5) is 33.9. The quantitative estimate of drug-likeness (QED) is 0.121. The zero-order chi connectivity index (χ0) is 41.9. The predicted octanol–water partition coefficient (Wildman–Crippen LogP) is 7.49. The van der Waals surface area contributed by atoms with Gasteiger partial charge in [0.15, 0.2) is 5.82 Å². The van der Waals surface area contributed by atoms with E-state index in [2.05, 4.69) is 20.2 Å². The monoisotopic (exact) mass is 850 g/mol. The van der Waals surface area contributed by atoms with Gasteiger partial charge in [-0.3, -0.25) is 28.2 Å². The van der Waals surface area contributed by atoms with Gasteiger partial charge < -0.3 is 5.32 Å². The minimum atomic E-state index is -3.88. The van der Waals surface area contributed by atoms with Crippen LogP contribution in [0.5, 0.6) is 0 Å². The molecule has 0 radical (unpaired) electrons. The van der Waals surface area contributed by atoms with Crippen molar-refractivity contribution in [3.05, 3.63) is 134 Å². The van der Waals surface area contributed by atoms with Crippen LogP contribution in [-0.4, -0.2) is 49.7 Å².